The van der Waals surface area contributed by atoms with Crippen LogP contribution < -0.4 is 26.8 Å². The van der Waals surface area contributed by atoms with Crippen molar-refractivity contribution in [2.45, 2.75) is 26.2 Å². The van der Waals surface area contributed by atoms with Crippen molar-refractivity contribution in [1.29, 1.82) is 0 Å². The fourth-order valence-electron chi connectivity index (χ4n) is 4.16. The number of aromatic nitrogens is 3. The second-order valence-corrected chi connectivity index (χ2v) is 7.93. The van der Waals surface area contributed by atoms with Gasteiger partial charge in [0.25, 0.3) is 10.9 Å². The fourth-order valence-corrected chi connectivity index (χ4v) is 4.16. The lowest BCUT2D eigenvalue weighted by atomic mass is 10.1. The first kappa shape index (κ1) is 19.2. The Morgan fingerprint density at radius 2 is 1.87 bits per heavy atom. The monoisotopic (exact) mass is 414 g/mol. The van der Waals surface area contributed by atoms with Crippen LogP contribution in [-0.4, -0.2) is 28.0 Å². The molecule has 0 unspecified atom stereocenters. The van der Waals surface area contributed by atoms with Gasteiger partial charge in [-0.1, -0.05) is 0 Å². The summed E-state index contributed by atoms with van der Waals surface area (Å²) in [6.45, 7) is 3.58. The van der Waals surface area contributed by atoms with E-state index in [0.717, 1.165) is 59.9 Å². The van der Waals surface area contributed by atoms with Gasteiger partial charge in [-0.3, -0.25) is 14.6 Å². The van der Waals surface area contributed by atoms with E-state index in [4.69, 9.17) is 5.73 Å². The number of nitrogens with zero attached hydrogens (tertiary/aromatic N) is 4. The minimum Gasteiger partial charge on any atom is -0.383 e. The van der Waals surface area contributed by atoms with Crippen LogP contribution in [0.4, 0.5) is 23.0 Å². The van der Waals surface area contributed by atoms with E-state index in [0.29, 0.717) is 23.0 Å². The van der Waals surface area contributed by atoms with Gasteiger partial charge in [0.2, 0.25) is 0 Å². The zero-order chi connectivity index (χ0) is 21.5. The summed E-state index contributed by atoms with van der Waals surface area (Å²) >= 11 is 0. The number of nitrogen functional groups attached to an aromatic ring is 1. The molecule has 8 nitrogen and oxygen atoms in total. The number of pyridine rings is 3. The molecule has 0 saturated carbocycles. The summed E-state index contributed by atoms with van der Waals surface area (Å²) in [5, 5.41) is 4.63. The molecular formula is C23H22N6O2. The summed E-state index contributed by atoms with van der Waals surface area (Å²) in [5.41, 5.74) is 8.73. The Morgan fingerprint density at radius 1 is 1.06 bits per heavy atom. The smallest absolute Gasteiger partial charge is 0.253 e. The summed E-state index contributed by atoms with van der Waals surface area (Å²) in [5.74, 6) is 0.857. The Bertz CT molecular complexity index is 1370. The van der Waals surface area contributed by atoms with Gasteiger partial charge in [-0.05, 0) is 55.3 Å². The molecule has 1 fully saturated rings. The Morgan fingerprint density at radius 3 is 2.65 bits per heavy atom. The SMILES string of the molecule is Cc1ccncc1-c1cc2cc(Nc3c(N4CCCCC4)c(=O)c3=O)ncc2c(N)n1. The Balaban J connectivity index is 1.52. The molecule has 31 heavy (non-hydrogen) atoms. The number of rotatable bonds is 4. The van der Waals surface area contributed by atoms with Crippen molar-refractivity contribution in [2.24, 2.45) is 0 Å². The molecule has 1 saturated heterocycles. The molecule has 3 N–H and O–H groups in total. The normalized spacial score (nSPS) is 14.3. The molecule has 0 aliphatic carbocycles. The van der Waals surface area contributed by atoms with Gasteiger partial charge in [0.1, 0.15) is 23.0 Å². The first-order valence-corrected chi connectivity index (χ1v) is 10.4. The van der Waals surface area contributed by atoms with Crippen molar-refractivity contribution in [3.63, 3.8) is 0 Å². The topological polar surface area (TPSA) is 114 Å². The van der Waals surface area contributed by atoms with Crippen LogP contribution in [0.5, 0.6) is 0 Å². The van der Waals surface area contributed by atoms with Gasteiger partial charge in [0.15, 0.2) is 0 Å². The molecule has 1 aromatic carbocycles. The summed E-state index contributed by atoms with van der Waals surface area (Å²) in [7, 11) is 0. The molecule has 4 heterocycles. The summed E-state index contributed by atoms with van der Waals surface area (Å²) in [4.78, 5) is 39.6. The van der Waals surface area contributed by atoms with Crippen LogP contribution in [0.25, 0.3) is 22.0 Å². The largest absolute Gasteiger partial charge is 0.383 e. The van der Waals surface area contributed by atoms with Gasteiger partial charge in [-0.25, -0.2) is 9.97 Å². The molecule has 156 valence electrons. The molecule has 0 bridgehead atoms. The van der Waals surface area contributed by atoms with E-state index in [1.807, 2.05) is 30.0 Å². The molecule has 5 rings (SSSR count). The maximum Gasteiger partial charge on any atom is 0.253 e. The molecule has 8 heteroatoms. The van der Waals surface area contributed by atoms with Gasteiger partial charge in [0, 0.05) is 42.6 Å². The highest BCUT2D eigenvalue weighted by Gasteiger charge is 2.27. The van der Waals surface area contributed by atoms with Crippen molar-refractivity contribution < 1.29 is 0 Å². The Kier molecular flexibility index (Phi) is 4.62. The maximum atomic E-state index is 12.3. The molecule has 3 aromatic heterocycles. The highest BCUT2D eigenvalue weighted by Crippen LogP contribution is 2.30. The summed E-state index contributed by atoms with van der Waals surface area (Å²) < 4.78 is 0. The molecule has 0 spiro atoms. The standard InChI is InChI=1S/C23H22N6O2/c1-13-5-6-25-11-15(13)17-9-14-10-18(26-12-16(14)23(24)27-17)28-19-20(22(31)21(19)30)29-7-3-2-4-8-29/h5-6,9-12H,2-4,7-8H2,1H3,(H2,24,27)(H,26,28). The number of aryl methyl sites for hydroxylation is 1. The molecule has 0 atom stereocenters. The third kappa shape index (κ3) is 3.30. The summed E-state index contributed by atoms with van der Waals surface area (Å²) in [6.07, 6.45) is 8.32. The predicted octanol–water partition coefficient (Wildman–Crippen LogP) is 2.91. The van der Waals surface area contributed by atoms with E-state index in [9.17, 15) is 9.59 Å². The van der Waals surface area contributed by atoms with Crippen molar-refractivity contribution in [3.05, 3.63) is 62.8 Å². The third-order valence-electron chi connectivity index (χ3n) is 5.87. The molecule has 0 radical (unpaired) electrons. The van der Waals surface area contributed by atoms with Crippen LogP contribution in [0.15, 0.2) is 46.4 Å². The first-order valence-electron chi connectivity index (χ1n) is 10.4. The quantitative estimate of drug-likeness (QED) is 0.490. The van der Waals surface area contributed by atoms with Gasteiger partial charge in [-0.2, -0.15) is 0 Å². The average Bonchev–Trinajstić information content (AvgIpc) is 2.79. The average molecular weight is 414 g/mol. The number of anilines is 4. The summed E-state index contributed by atoms with van der Waals surface area (Å²) in [6, 6.07) is 5.67. The van der Waals surface area contributed by atoms with Crippen molar-refractivity contribution in [2.75, 3.05) is 29.0 Å². The number of nitrogens with two attached hydrogens (primary N) is 1. The van der Waals surface area contributed by atoms with Gasteiger partial charge in [-0.15, -0.1) is 0 Å². The second kappa shape index (κ2) is 7.46. The van der Waals surface area contributed by atoms with Crippen LogP contribution in [0, 0.1) is 6.92 Å². The lowest BCUT2D eigenvalue weighted by Crippen LogP contribution is -2.44. The van der Waals surface area contributed by atoms with E-state index < -0.39 is 10.9 Å². The van der Waals surface area contributed by atoms with Crippen LogP contribution in [-0.2, 0) is 0 Å². The fraction of sp³-hybridized carbons (Fsp3) is 0.261. The van der Waals surface area contributed by atoms with E-state index in [1.54, 1.807) is 18.6 Å². The van der Waals surface area contributed by atoms with Crippen molar-refractivity contribution in [1.82, 2.24) is 15.0 Å². The molecule has 1 aliphatic heterocycles. The van der Waals surface area contributed by atoms with Crippen molar-refractivity contribution >= 4 is 33.8 Å². The van der Waals surface area contributed by atoms with Gasteiger partial charge >= 0.3 is 0 Å². The van der Waals surface area contributed by atoms with E-state index in [-0.39, 0.29) is 0 Å². The predicted molar refractivity (Wildman–Crippen MR) is 123 cm³/mol. The third-order valence-corrected chi connectivity index (χ3v) is 5.87. The highest BCUT2D eigenvalue weighted by atomic mass is 16.2. The number of hydrogen-bond acceptors (Lipinski definition) is 8. The van der Waals surface area contributed by atoms with E-state index in [1.165, 1.54) is 0 Å². The molecule has 0 amide bonds. The Hall–Kier alpha value is -3.81. The minimum absolute atomic E-state index is 0.323. The number of piperidine rings is 1. The van der Waals surface area contributed by atoms with Gasteiger partial charge < -0.3 is 16.0 Å². The maximum absolute atomic E-state index is 12.3. The van der Waals surface area contributed by atoms with Crippen molar-refractivity contribution in [3.8, 4) is 11.3 Å². The molecule has 1 aliphatic rings. The zero-order valence-corrected chi connectivity index (χ0v) is 17.2. The molecule has 4 aromatic rings. The lowest BCUT2D eigenvalue weighted by molar-refractivity contribution is 0.576. The van der Waals surface area contributed by atoms with E-state index >= 15 is 0 Å². The molecular weight excluding hydrogens is 392 g/mol. The second-order valence-electron chi connectivity index (χ2n) is 7.93. The Labute approximate surface area is 178 Å². The van der Waals surface area contributed by atoms with E-state index in [2.05, 4.69) is 20.3 Å². The van der Waals surface area contributed by atoms with Crippen LogP contribution in [0.1, 0.15) is 24.8 Å². The number of hydrogen-bond donors (Lipinski definition) is 2. The highest BCUT2D eigenvalue weighted by molar-refractivity contribution is 5.95. The first-order chi connectivity index (χ1) is 15.0. The number of nitrogens with one attached hydrogen (secondary N) is 1. The zero-order valence-electron chi connectivity index (χ0n) is 17.2. The van der Waals surface area contributed by atoms with Crippen LogP contribution in [0.2, 0.25) is 0 Å². The lowest BCUT2D eigenvalue weighted by Gasteiger charge is -2.30. The van der Waals surface area contributed by atoms with Gasteiger partial charge in [0.05, 0.1) is 5.69 Å². The minimum atomic E-state index is -0.497. The van der Waals surface area contributed by atoms with Crippen LogP contribution in [0.3, 0.4) is 0 Å². The van der Waals surface area contributed by atoms with Crippen LogP contribution >= 0.6 is 0 Å². The number of fused-ring (bicyclic) bond motifs is 1.